The van der Waals surface area contributed by atoms with Crippen molar-refractivity contribution in [1.29, 1.82) is 0 Å². The summed E-state index contributed by atoms with van der Waals surface area (Å²) in [4.78, 5) is 15.3. The van der Waals surface area contributed by atoms with Gasteiger partial charge >= 0.3 is 0 Å². The van der Waals surface area contributed by atoms with Crippen LogP contribution in [0.2, 0.25) is 0 Å². The molecule has 0 atom stereocenters. The van der Waals surface area contributed by atoms with Crippen molar-refractivity contribution in [1.82, 2.24) is 0 Å². The summed E-state index contributed by atoms with van der Waals surface area (Å²) in [5.74, 6) is 3.86. The molecule has 0 spiro atoms. The summed E-state index contributed by atoms with van der Waals surface area (Å²) in [6, 6.07) is 8.23. The lowest BCUT2D eigenvalue weighted by Gasteiger charge is -2.32. The Morgan fingerprint density at radius 3 is 1.14 bits per heavy atom. The van der Waals surface area contributed by atoms with Crippen molar-refractivity contribution in [2.45, 2.75) is 229 Å². The molecule has 8 rings (SSSR count). The lowest BCUT2D eigenvalue weighted by Crippen LogP contribution is -2.26. The standard InChI is InChI=1S/C51H72O7/c52-45(33-31-37-35-44(53-38-19-7-1-8-20-38)32-34-46(37)54-39-21-9-2-10-22-39)49-50(57-42-27-15-5-16-28-42)47(55-40-23-11-3-12-24-40)36-48(56-41-25-13-4-14-26-41)51(49)58-43-29-17-6-18-30-43/h31-36,38-43H,1-30H2. The van der Waals surface area contributed by atoms with Crippen LogP contribution in [0.25, 0.3) is 6.08 Å². The number of benzene rings is 2. The average molecular weight is 797 g/mol. The van der Waals surface area contributed by atoms with Gasteiger partial charge in [0.25, 0.3) is 0 Å². The molecule has 2 aromatic rings. The third-order valence-corrected chi connectivity index (χ3v) is 13.9. The number of ether oxygens (including phenoxy) is 6. The maximum atomic E-state index is 15.3. The molecule has 0 N–H and O–H groups in total. The minimum absolute atomic E-state index is 0.0229. The van der Waals surface area contributed by atoms with Gasteiger partial charge in [0.1, 0.15) is 17.1 Å². The normalized spacial score (nSPS) is 22.8. The summed E-state index contributed by atoms with van der Waals surface area (Å²) in [6.07, 6.45) is 37.9. The highest BCUT2D eigenvalue weighted by atomic mass is 16.5. The van der Waals surface area contributed by atoms with Crippen molar-refractivity contribution in [2.24, 2.45) is 0 Å². The van der Waals surface area contributed by atoms with E-state index in [0.717, 1.165) is 145 Å². The van der Waals surface area contributed by atoms with E-state index in [1.54, 1.807) is 6.08 Å². The van der Waals surface area contributed by atoms with E-state index in [2.05, 4.69) is 18.2 Å². The predicted molar refractivity (Wildman–Crippen MR) is 231 cm³/mol. The van der Waals surface area contributed by atoms with Crippen molar-refractivity contribution < 1.29 is 33.2 Å². The zero-order chi connectivity index (χ0) is 39.4. The van der Waals surface area contributed by atoms with Crippen LogP contribution in [0.3, 0.4) is 0 Å². The number of hydrogen-bond donors (Lipinski definition) is 0. The Bertz CT molecular complexity index is 1550. The zero-order valence-corrected chi connectivity index (χ0v) is 35.5. The second-order valence-corrected chi connectivity index (χ2v) is 18.6. The van der Waals surface area contributed by atoms with Crippen LogP contribution >= 0.6 is 0 Å². The Labute approximate surface area is 349 Å². The number of carbonyl (C=O) groups excluding carboxylic acids is 1. The highest BCUT2D eigenvalue weighted by molar-refractivity contribution is 6.12. The maximum absolute atomic E-state index is 15.3. The van der Waals surface area contributed by atoms with E-state index < -0.39 is 0 Å². The molecule has 0 amide bonds. The molecular weight excluding hydrogens is 725 g/mol. The highest BCUT2D eigenvalue weighted by Crippen LogP contribution is 2.49. The molecule has 0 heterocycles. The van der Waals surface area contributed by atoms with Crippen molar-refractivity contribution in [2.75, 3.05) is 0 Å². The van der Waals surface area contributed by atoms with Gasteiger partial charge in [0.05, 0.1) is 36.6 Å². The van der Waals surface area contributed by atoms with E-state index in [0.29, 0.717) is 28.6 Å². The molecule has 0 aliphatic heterocycles. The van der Waals surface area contributed by atoms with E-state index in [1.807, 2.05) is 12.1 Å². The number of carbonyl (C=O) groups is 1. The monoisotopic (exact) mass is 797 g/mol. The van der Waals surface area contributed by atoms with Crippen LogP contribution in [0.15, 0.2) is 30.3 Å². The lowest BCUT2D eigenvalue weighted by atomic mass is 9.96. The lowest BCUT2D eigenvalue weighted by molar-refractivity contribution is 0.0960. The van der Waals surface area contributed by atoms with Crippen LogP contribution in [-0.4, -0.2) is 42.4 Å². The molecule has 0 saturated heterocycles. The second-order valence-electron chi connectivity index (χ2n) is 18.6. The molecule has 6 saturated carbocycles. The van der Waals surface area contributed by atoms with Crippen LogP contribution in [0.5, 0.6) is 34.5 Å². The Morgan fingerprint density at radius 1 is 0.397 bits per heavy atom. The number of hydrogen-bond acceptors (Lipinski definition) is 7. The summed E-state index contributed by atoms with van der Waals surface area (Å²) >= 11 is 0. The summed E-state index contributed by atoms with van der Waals surface area (Å²) in [5, 5.41) is 0. The van der Waals surface area contributed by atoms with Crippen LogP contribution in [0.1, 0.15) is 209 Å². The molecule has 0 unspecified atom stereocenters. The molecule has 58 heavy (non-hydrogen) atoms. The van der Waals surface area contributed by atoms with E-state index in [9.17, 15) is 0 Å². The zero-order valence-electron chi connectivity index (χ0n) is 35.5. The van der Waals surface area contributed by atoms with Crippen LogP contribution < -0.4 is 28.4 Å². The van der Waals surface area contributed by atoms with Gasteiger partial charge in [-0.3, -0.25) is 4.79 Å². The molecule has 6 aliphatic carbocycles. The number of rotatable bonds is 15. The molecular formula is C51H72O7. The fourth-order valence-corrected chi connectivity index (χ4v) is 10.5. The van der Waals surface area contributed by atoms with E-state index in [4.69, 9.17) is 28.4 Å². The molecule has 0 aromatic heterocycles. The van der Waals surface area contributed by atoms with Crippen LogP contribution in [-0.2, 0) is 0 Å². The van der Waals surface area contributed by atoms with Crippen LogP contribution in [0.4, 0.5) is 0 Å². The first-order chi connectivity index (χ1) is 28.6. The molecule has 6 fully saturated rings. The third kappa shape index (κ3) is 11.5. The molecule has 7 heteroatoms. The highest BCUT2D eigenvalue weighted by Gasteiger charge is 2.33. The van der Waals surface area contributed by atoms with Gasteiger partial charge in [0, 0.05) is 11.6 Å². The van der Waals surface area contributed by atoms with Gasteiger partial charge in [-0.1, -0.05) is 38.5 Å². The average Bonchev–Trinajstić information content (AvgIpc) is 3.27. The fraction of sp³-hybridized carbons (Fsp3) is 0.706. The predicted octanol–water partition coefficient (Wildman–Crippen LogP) is 13.9. The molecule has 7 nitrogen and oxygen atoms in total. The van der Waals surface area contributed by atoms with Gasteiger partial charge < -0.3 is 28.4 Å². The van der Waals surface area contributed by atoms with Gasteiger partial charge in [-0.2, -0.15) is 0 Å². The topological polar surface area (TPSA) is 72.5 Å². The Kier molecular flexibility index (Phi) is 15.2. The van der Waals surface area contributed by atoms with E-state index >= 15 is 4.79 Å². The minimum atomic E-state index is -0.151. The molecule has 318 valence electrons. The van der Waals surface area contributed by atoms with E-state index in [-0.39, 0.29) is 42.4 Å². The van der Waals surface area contributed by atoms with Gasteiger partial charge in [-0.15, -0.1) is 0 Å². The molecule has 0 bridgehead atoms. The van der Waals surface area contributed by atoms with E-state index in [1.165, 1.54) is 64.2 Å². The maximum Gasteiger partial charge on any atom is 0.193 e. The number of allylic oxidation sites excluding steroid dienone is 1. The SMILES string of the molecule is O=C(C=Cc1cc(OC2CCCCC2)ccc1OC1CCCCC1)c1c(OC2CCCCC2)c(OC2CCCCC2)cc(OC2CCCCC2)c1OC1CCCCC1. The van der Waals surface area contributed by atoms with Crippen molar-refractivity contribution in [3.8, 4) is 34.5 Å². The van der Waals surface area contributed by atoms with Crippen molar-refractivity contribution in [3.63, 3.8) is 0 Å². The third-order valence-electron chi connectivity index (χ3n) is 13.9. The van der Waals surface area contributed by atoms with Gasteiger partial charge in [0.2, 0.25) is 0 Å². The van der Waals surface area contributed by atoms with Crippen molar-refractivity contribution in [3.05, 3.63) is 41.5 Å². The first kappa shape index (κ1) is 41.4. The molecule has 2 aromatic carbocycles. The van der Waals surface area contributed by atoms with Crippen LogP contribution in [0, 0.1) is 0 Å². The largest absolute Gasteiger partial charge is 0.490 e. The second kappa shape index (κ2) is 21.3. The minimum Gasteiger partial charge on any atom is -0.490 e. The van der Waals surface area contributed by atoms with Crippen molar-refractivity contribution >= 4 is 11.9 Å². The van der Waals surface area contributed by atoms with Gasteiger partial charge in [0.15, 0.2) is 28.8 Å². The van der Waals surface area contributed by atoms with Gasteiger partial charge in [-0.05, 0) is 184 Å². The molecule has 6 aliphatic rings. The summed E-state index contributed by atoms with van der Waals surface area (Å²) in [7, 11) is 0. The Morgan fingerprint density at radius 2 is 0.741 bits per heavy atom. The Hall–Kier alpha value is -3.35. The molecule has 0 radical (unpaired) electrons. The Balaban J connectivity index is 1.20. The number of ketones is 1. The first-order valence-corrected chi connectivity index (χ1v) is 24.2. The van der Waals surface area contributed by atoms with Gasteiger partial charge in [-0.25, -0.2) is 0 Å². The summed E-state index contributed by atoms with van der Waals surface area (Å²) in [5.41, 5.74) is 1.32. The quantitative estimate of drug-likeness (QED) is 0.131. The first-order valence-electron chi connectivity index (χ1n) is 24.2. The smallest absolute Gasteiger partial charge is 0.193 e. The summed E-state index contributed by atoms with van der Waals surface area (Å²) < 4.78 is 41.4. The summed E-state index contributed by atoms with van der Waals surface area (Å²) in [6.45, 7) is 0. The fourth-order valence-electron chi connectivity index (χ4n) is 10.5.